The van der Waals surface area contributed by atoms with Gasteiger partial charge < -0.3 is 14.7 Å². The smallest absolute Gasteiger partial charge is 0.254 e. The van der Waals surface area contributed by atoms with Crippen molar-refractivity contribution in [2.75, 3.05) is 26.2 Å². The van der Waals surface area contributed by atoms with Crippen molar-refractivity contribution in [3.8, 4) is 0 Å². The molecule has 1 aromatic rings. The number of halogens is 1. The van der Waals surface area contributed by atoms with Gasteiger partial charge in [-0.15, -0.1) is 0 Å². The van der Waals surface area contributed by atoms with Crippen molar-refractivity contribution in [2.45, 2.75) is 46.1 Å². The van der Waals surface area contributed by atoms with E-state index in [4.69, 9.17) is 16.6 Å². The first-order valence-electron chi connectivity index (χ1n) is 11.2. The van der Waals surface area contributed by atoms with Gasteiger partial charge >= 0.3 is 0 Å². The molecule has 1 atom stereocenters. The molecule has 32 heavy (non-hydrogen) atoms. The molecule has 0 aromatic heterocycles. The molecule has 1 saturated heterocycles. The fraction of sp³-hybridized carbons (Fsp3) is 0.458. The molecule has 8 heteroatoms. The average Bonchev–Trinajstić information content (AvgIpc) is 3.45. The number of carbonyl (C=O) groups excluding carboxylic acids is 2. The molecule has 0 spiro atoms. The molecule has 0 radical (unpaired) electrons. The van der Waals surface area contributed by atoms with Crippen LogP contribution in [-0.2, 0) is 9.59 Å². The number of amides is 2. The van der Waals surface area contributed by atoms with Crippen molar-refractivity contribution >= 4 is 40.3 Å². The second-order valence-electron chi connectivity index (χ2n) is 8.19. The van der Waals surface area contributed by atoms with Crippen molar-refractivity contribution in [1.82, 2.24) is 14.7 Å². The summed E-state index contributed by atoms with van der Waals surface area (Å²) >= 11 is 7.68. The highest BCUT2D eigenvalue weighted by atomic mass is 35.5. The molecule has 1 aromatic carbocycles. The number of nitrogens with zero attached hydrogens (tertiary/aromatic N) is 4. The van der Waals surface area contributed by atoms with Crippen LogP contribution in [0.3, 0.4) is 0 Å². The first-order chi connectivity index (χ1) is 15.4. The molecule has 3 heterocycles. The second kappa shape index (κ2) is 9.71. The third-order valence-corrected chi connectivity index (χ3v) is 7.40. The van der Waals surface area contributed by atoms with E-state index in [2.05, 4.69) is 4.90 Å². The van der Waals surface area contributed by atoms with Crippen molar-refractivity contribution in [3.63, 3.8) is 0 Å². The molecule has 0 N–H and O–H groups in total. The molecular weight excluding hydrogens is 444 g/mol. The topological polar surface area (TPSA) is 56.2 Å². The third kappa shape index (κ3) is 4.33. The molecule has 0 saturated carbocycles. The van der Waals surface area contributed by atoms with Crippen LogP contribution in [0.25, 0.3) is 0 Å². The summed E-state index contributed by atoms with van der Waals surface area (Å²) in [4.78, 5) is 37.2. The number of likely N-dealkylation sites (tertiary alicyclic amines) is 1. The van der Waals surface area contributed by atoms with Gasteiger partial charge in [-0.05, 0) is 56.7 Å². The normalized spacial score (nSPS) is 20.3. The highest BCUT2D eigenvalue weighted by Crippen LogP contribution is 2.45. The highest BCUT2D eigenvalue weighted by Gasteiger charge is 2.41. The number of rotatable bonds is 6. The van der Waals surface area contributed by atoms with E-state index in [1.54, 1.807) is 0 Å². The van der Waals surface area contributed by atoms with Crippen LogP contribution in [-0.4, -0.2) is 57.9 Å². The molecule has 170 valence electrons. The number of allylic oxidation sites excluding steroid dienone is 1. The lowest BCUT2D eigenvalue weighted by molar-refractivity contribution is -0.129. The Hall–Kier alpha value is -2.25. The Morgan fingerprint density at radius 2 is 1.81 bits per heavy atom. The van der Waals surface area contributed by atoms with Crippen molar-refractivity contribution in [1.29, 1.82) is 0 Å². The quantitative estimate of drug-likeness (QED) is 0.597. The van der Waals surface area contributed by atoms with Crippen LogP contribution < -0.4 is 0 Å². The number of hydrogen-bond acceptors (Lipinski definition) is 5. The van der Waals surface area contributed by atoms with Gasteiger partial charge in [-0.2, -0.15) is 0 Å². The molecule has 2 amide bonds. The zero-order valence-electron chi connectivity index (χ0n) is 18.8. The molecule has 0 aliphatic carbocycles. The summed E-state index contributed by atoms with van der Waals surface area (Å²) in [7, 11) is 0. The van der Waals surface area contributed by atoms with E-state index >= 15 is 0 Å². The lowest BCUT2D eigenvalue weighted by Crippen LogP contribution is -2.42. The van der Waals surface area contributed by atoms with Crippen molar-refractivity contribution < 1.29 is 9.59 Å². The summed E-state index contributed by atoms with van der Waals surface area (Å²) in [6.07, 6.45) is 2.43. The SMILES string of the molecule is CCN(CC)C(=O)C1=C(C)N=C2SC=C(CC(=O)N3CCCC3)N2C1c1ccc(Cl)cc1. The Kier molecular flexibility index (Phi) is 6.96. The van der Waals surface area contributed by atoms with Gasteiger partial charge in [0, 0.05) is 36.9 Å². The van der Waals surface area contributed by atoms with Gasteiger partial charge in [0.15, 0.2) is 5.17 Å². The molecule has 3 aliphatic heterocycles. The van der Waals surface area contributed by atoms with Gasteiger partial charge in [-0.25, -0.2) is 4.99 Å². The lowest BCUT2D eigenvalue weighted by atomic mass is 9.92. The molecule has 4 rings (SSSR count). The van der Waals surface area contributed by atoms with E-state index in [0.29, 0.717) is 30.1 Å². The predicted molar refractivity (Wildman–Crippen MR) is 130 cm³/mol. The van der Waals surface area contributed by atoms with E-state index in [9.17, 15) is 9.59 Å². The predicted octanol–water partition coefficient (Wildman–Crippen LogP) is 4.80. The Bertz CT molecular complexity index is 992. The molecule has 1 fully saturated rings. The number of thioether (sulfide) groups is 1. The molecule has 1 unspecified atom stereocenters. The van der Waals surface area contributed by atoms with Crippen LogP contribution in [0, 0.1) is 0 Å². The lowest BCUT2D eigenvalue weighted by Gasteiger charge is -2.38. The molecule has 3 aliphatic rings. The van der Waals surface area contributed by atoms with E-state index in [0.717, 1.165) is 48.1 Å². The zero-order chi connectivity index (χ0) is 22.8. The molecular formula is C24H29ClN4O2S. The van der Waals surface area contributed by atoms with Crippen LogP contribution in [0.1, 0.15) is 51.6 Å². The van der Waals surface area contributed by atoms with E-state index in [1.165, 1.54) is 11.8 Å². The van der Waals surface area contributed by atoms with Gasteiger partial charge in [0.1, 0.15) is 0 Å². The summed E-state index contributed by atoms with van der Waals surface area (Å²) in [6, 6.07) is 7.27. The van der Waals surface area contributed by atoms with Crippen LogP contribution in [0.2, 0.25) is 5.02 Å². The Morgan fingerprint density at radius 3 is 2.44 bits per heavy atom. The Labute approximate surface area is 199 Å². The second-order valence-corrected chi connectivity index (χ2v) is 9.46. The summed E-state index contributed by atoms with van der Waals surface area (Å²) in [5.41, 5.74) is 3.23. The van der Waals surface area contributed by atoms with Crippen LogP contribution in [0.5, 0.6) is 0 Å². The Morgan fingerprint density at radius 1 is 1.16 bits per heavy atom. The zero-order valence-corrected chi connectivity index (χ0v) is 20.4. The summed E-state index contributed by atoms with van der Waals surface area (Å²) in [5, 5.41) is 3.46. The number of aliphatic imine (C=N–C) groups is 1. The average molecular weight is 473 g/mol. The van der Waals surface area contributed by atoms with Crippen molar-refractivity contribution in [3.05, 3.63) is 57.2 Å². The maximum absolute atomic E-state index is 13.6. The fourth-order valence-electron chi connectivity index (χ4n) is 4.52. The van der Waals surface area contributed by atoms with E-state index in [1.807, 2.05) is 60.2 Å². The largest absolute Gasteiger partial charge is 0.342 e. The standard InChI is InChI=1S/C24H29ClN4O2S/c1-4-27(5-2)23(31)21-16(3)26-24-29(22(21)17-8-10-18(25)11-9-17)19(15-32-24)14-20(30)28-12-6-7-13-28/h8-11,15,22H,4-7,12-14H2,1-3H3. The number of fused-ring (bicyclic) bond motifs is 1. The van der Waals surface area contributed by atoms with Gasteiger partial charge in [-0.1, -0.05) is 35.5 Å². The van der Waals surface area contributed by atoms with E-state index in [-0.39, 0.29) is 17.9 Å². The number of hydrogen-bond donors (Lipinski definition) is 0. The van der Waals surface area contributed by atoms with Crippen LogP contribution in [0.15, 0.2) is 51.6 Å². The molecule has 6 nitrogen and oxygen atoms in total. The van der Waals surface area contributed by atoms with Crippen molar-refractivity contribution in [2.24, 2.45) is 4.99 Å². The summed E-state index contributed by atoms with van der Waals surface area (Å²) in [6.45, 7) is 8.77. The number of amidine groups is 1. The number of carbonyl (C=O) groups is 2. The molecule has 0 bridgehead atoms. The minimum atomic E-state index is -0.347. The Balaban J connectivity index is 1.73. The van der Waals surface area contributed by atoms with Gasteiger partial charge in [-0.3, -0.25) is 9.59 Å². The third-order valence-electron chi connectivity index (χ3n) is 6.26. The van der Waals surface area contributed by atoms with Gasteiger partial charge in [0.25, 0.3) is 5.91 Å². The van der Waals surface area contributed by atoms with E-state index < -0.39 is 0 Å². The van der Waals surface area contributed by atoms with Gasteiger partial charge in [0.05, 0.1) is 23.7 Å². The highest BCUT2D eigenvalue weighted by molar-refractivity contribution is 8.16. The number of likely N-dealkylation sites (N-methyl/N-ethyl adjacent to an activating group) is 1. The maximum Gasteiger partial charge on any atom is 0.254 e. The maximum atomic E-state index is 13.6. The van der Waals surface area contributed by atoms with Crippen LogP contribution in [0.4, 0.5) is 0 Å². The van der Waals surface area contributed by atoms with Gasteiger partial charge in [0.2, 0.25) is 5.91 Å². The summed E-state index contributed by atoms with van der Waals surface area (Å²) < 4.78 is 0. The summed E-state index contributed by atoms with van der Waals surface area (Å²) in [5.74, 6) is 0.116. The fourth-order valence-corrected chi connectivity index (χ4v) is 5.61. The number of benzene rings is 1. The first-order valence-corrected chi connectivity index (χ1v) is 12.5. The monoisotopic (exact) mass is 472 g/mol. The minimum absolute atomic E-state index is 0.0163. The minimum Gasteiger partial charge on any atom is -0.342 e. The first kappa shape index (κ1) is 22.9. The van der Waals surface area contributed by atoms with Crippen LogP contribution >= 0.6 is 23.4 Å².